The van der Waals surface area contributed by atoms with Gasteiger partial charge in [-0.2, -0.15) is 10.2 Å². The molecule has 5 aromatic rings. The number of ether oxygens (including phenoxy) is 1. The third-order valence-corrected chi connectivity index (χ3v) is 5.17. The van der Waals surface area contributed by atoms with E-state index in [9.17, 15) is 8.78 Å². The third kappa shape index (κ3) is 3.79. The van der Waals surface area contributed by atoms with E-state index in [0.717, 1.165) is 0 Å². The maximum absolute atomic E-state index is 14.9. The molecule has 10 heteroatoms. The predicted molar refractivity (Wildman–Crippen MR) is 116 cm³/mol. The van der Waals surface area contributed by atoms with E-state index in [4.69, 9.17) is 4.74 Å². The first-order valence-electron chi connectivity index (χ1n) is 10.3. The zero-order valence-corrected chi connectivity index (χ0v) is 17.8. The van der Waals surface area contributed by atoms with Crippen LogP contribution in [0, 0.1) is 17.6 Å². The first-order chi connectivity index (χ1) is 16.0. The van der Waals surface area contributed by atoms with E-state index in [2.05, 4.69) is 25.4 Å². The molecule has 1 atom stereocenters. The van der Waals surface area contributed by atoms with Gasteiger partial charge in [-0.1, -0.05) is 32.0 Å². The van der Waals surface area contributed by atoms with Gasteiger partial charge in [0, 0.05) is 17.0 Å². The van der Waals surface area contributed by atoms with Gasteiger partial charge in [0.1, 0.15) is 29.8 Å². The molecule has 0 bridgehead atoms. The van der Waals surface area contributed by atoms with Crippen molar-refractivity contribution in [3.05, 3.63) is 79.0 Å². The summed E-state index contributed by atoms with van der Waals surface area (Å²) in [5, 5.41) is 17.1. The number of rotatable bonds is 6. The van der Waals surface area contributed by atoms with Crippen molar-refractivity contribution in [1.29, 1.82) is 0 Å². The zero-order valence-electron chi connectivity index (χ0n) is 17.8. The van der Waals surface area contributed by atoms with Crippen LogP contribution in [0.5, 0.6) is 5.88 Å². The summed E-state index contributed by atoms with van der Waals surface area (Å²) in [5.74, 6) is -0.255. The summed E-state index contributed by atoms with van der Waals surface area (Å²) < 4.78 is 37.8. The Hall–Kier alpha value is -4.21. The van der Waals surface area contributed by atoms with Crippen molar-refractivity contribution in [3.63, 3.8) is 0 Å². The Balaban J connectivity index is 1.74. The van der Waals surface area contributed by atoms with Gasteiger partial charge in [0.25, 0.3) is 0 Å². The summed E-state index contributed by atoms with van der Waals surface area (Å²) in [6.07, 6.45) is 3.92. The smallest absolute Gasteiger partial charge is 0.244 e. The Morgan fingerprint density at radius 2 is 1.79 bits per heavy atom. The van der Waals surface area contributed by atoms with E-state index >= 15 is 0 Å². The standard InChI is InChI=1S/C23H19F2N7O/c1-14(2)23(31-13-26-12-28-31)33-22-20(17-5-3-4-6-18(17)25)19-11-27-29-21(32(19)30-22)15-7-9-16(24)10-8-15/h3-14,23H,1-2H3. The van der Waals surface area contributed by atoms with E-state index < -0.39 is 12.0 Å². The van der Waals surface area contributed by atoms with Crippen LogP contribution in [0.2, 0.25) is 0 Å². The van der Waals surface area contributed by atoms with Crippen molar-refractivity contribution in [1.82, 2.24) is 34.6 Å². The van der Waals surface area contributed by atoms with Crippen LogP contribution in [-0.4, -0.2) is 34.6 Å². The minimum atomic E-state index is -0.543. The number of hydrogen-bond donors (Lipinski definition) is 0. The predicted octanol–water partition coefficient (Wildman–Crippen LogP) is 4.56. The number of halogens is 2. The quantitative estimate of drug-likeness (QED) is 0.379. The molecule has 1 unspecified atom stereocenters. The maximum Gasteiger partial charge on any atom is 0.244 e. The van der Waals surface area contributed by atoms with Gasteiger partial charge in [-0.05, 0) is 30.3 Å². The monoisotopic (exact) mass is 447 g/mol. The molecule has 0 saturated carbocycles. The highest BCUT2D eigenvalue weighted by Gasteiger charge is 2.26. The van der Waals surface area contributed by atoms with Crippen LogP contribution < -0.4 is 4.74 Å². The van der Waals surface area contributed by atoms with Crippen LogP contribution in [0.4, 0.5) is 8.78 Å². The number of nitrogens with zero attached hydrogens (tertiary/aromatic N) is 7. The minimum Gasteiger partial charge on any atom is -0.450 e. The topological polar surface area (TPSA) is 83.0 Å². The van der Waals surface area contributed by atoms with Crippen LogP contribution in [0.3, 0.4) is 0 Å². The second-order valence-corrected chi connectivity index (χ2v) is 7.76. The van der Waals surface area contributed by atoms with Crippen LogP contribution in [0.25, 0.3) is 28.0 Å². The first kappa shape index (κ1) is 20.7. The van der Waals surface area contributed by atoms with Crippen molar-refractivity contribution in [2.24, 2.45) is 5.92 Å². The van der Waals surface area contributed by atoms with Gasteiger partial charge in [-0.3, -0.25) is 0 Å². The van der Waals surface area contributed by atoms with Gasteiger partial charge in [0.05, 0.1) is 11.8 Å². The van der Waals surface area contributed by atoms with Crippen molar-refractivity contribution in [2.75, 3.05) is 0 Å². The summed E-state index contributed by atoms with van der Waals surface area (Å²) in [4.78, 5) is 4.00. The highest BCUT2D eigenvalue weighted by molar-refractivity contribution is 5.85. The number of fused-ring (bicyclic) bond motifs is 1. The number of hydrogen-bond acceptors (Lipinski definition) is 6. The van der Waals surface area contributed by atoms with E-state index in [1.165, 1.54) is 35.2 Å². The lowest BCUT2D eigenvalue weighted by atomic mass is 10.1. The van der Waals surface area contributed by atoms with E-state index in [0.29, 0.717) is 28.0 Å². The summed E-state index contributed by atoms with van der Waals surface area (Å²) in [6, 6.07) is 12.2. The average Bonchev–Trinajstić information content (AvgIpc) is 3.46. The van der Waals surface area contributed by atoms with Crippen molar-refractivity contribution in [2.45, 2.75) is 20.1 Å². The van der Waals surface area contributed by atoms with E-state index in [1.54, 1.807) is 41.3 Å². The van der Waals surface area contributed by atoms with Crippen LogP contribution in [0.1, 0.15) is 20.1 Å². The SMILES string of the molecule is CC(C)C(Oc1nn2c(-c3ccc(F)cc3)nncc2c1-c1ccccc1F)n1cncn1. The van der Waals surface area contributed by atoms with Crippen LogP contribution in [-0.2, 0) is 0 Å². The average molecular weight is 447 g/mol. The Labute approximate surface area is 187 Å². The summed E-state index contributed by atoms with van der Waals surface area (Å²) in [5.41, 5.74) is 1.82. The molecule has 0 amide bonds. The molecule has 2 aromatic carbocycles. The molecule has 166 valence electrons. The van der Waals surface area contributed by atoms with Gasteiger partial charge in [0.2, 0.25) is 5.88 Å². The molecule has 8 nitrogen and oxygen atoms in total. The molecular weight excluding hydrogens is 428 g/mol. The van der Waals surface area contributed by atoms with Crippen LogP contribution in [0.15, 0.2) is 67.4 Å². The highest BCUT2D eigenvalue weighted by atomic mass is 19.1. The molecule has 0 N–H and O–H groups in total. The lowest BCUT2D eigenvalue weighted by Crippen LogP contribution is -2.22. The van der Waals surface area contributed by atoms with Gasteiger partial charge in [-0.15, -0.1) is 10.2 Å². The fraction of sp³-hybridized carbons (Fsp3) is 0.174. The highest BCUT2D eigenvalue weighted by Crippen LogP contribution is 2.38. The lowest BCUT2D eigenvalue weighted by molar-refractivity contribution is 0.0659. The van der Waals surface area contributed by atoms with Crippen LogP contribution >= 0.6 is 0 Å². The van der Waals surface area contributed by atoms with Crippen molar-refractivity contribution < 1.29 is 13.5 Å². The number of aromatic nitrogens is 7. The Kier molecular flexibility index (Phi) is 5.25. The molecule has 33 heavy (non-hydrogen) atoms. The molecule has 3 aromatic heterocycles. The molecule has 0 spiro atoms. The molecular formula is C23H19F2N7O. The third-order valence-electron chi connectivity index (χ3n) is 5.17. The lowest BCUT2D eigenvalue weighted by Gasteiger charge is -2.21. The Morgan fingerprint density at radius 3 is 2.48 bits per heavy atom. The van der Waals surface area contributed by atoms with Crippen molar-refractivity contribution in [3.8, 4) is 28.4 Å². The van der Waals surface area contributed by atoms with Gasteiger partial charge < -0.3 is 4.74 Å². The van der Waals surface area contributed by atoms with Gasteiger partial charge in [-0.25, -0.2) is 23.0 Å². The molecule has 0 saturated heterocycles. The van der Waals surface area contributed by atoms with E-state index in [-0.39, 0.29) is 17.6 Å². The molecule has 0 radical (unpaired) electrons. The largest absolute Gasteiger partial charge is 0.450 e. The second kappa shape index (κ2) is 8.38. The second-order valence-electron chi connectivity index (χ2n) is 7.76. The summed E-state index contributed by atoms with van der Waals surface area (Å²) in [7, 11) is 0. The molecule has 0 aliphatic rings. The Bertz CT molecular complexity index is 1400. The summed E-state index contributed by atoms with van der Waals surface area (Å²) in [6.45, 7) is 3.94. The van der Waals surface area contributed by atoms with Gasteiger partial charge >= 0.3 is 0 Å². The Morgan fingerprint density at radius 1 is 1.00 bits per heavy atom. The maximum atomic E-state index is 14.9. The normalized spacial score (nSPS) is 12.4. The minimum absolute atomic E-state index is 0.00204. The molecule has 0 aliphatic carbocycles. The molecule has 0 fully saturated rings. The molecule has 3 heterocycles. The van der Waals surface area contributed by atoms with E-state index in [1.807, 2.05) is 13.8 Å². The first-order valence-corrected chi connectivity index (χ1v) is 10.3. The molecule has 5 rings (SSSR count). The fourth-order valence-corrected chi connectivity index (χ4v) is 3.61. The molecule has 0 aliphatic heterocycles. The fourth-order valence-electron chi connectivity index (χ4n) is 3.61. The summed E-state index contributed by atoms with van der Waals surface area (Å²) >= 11 is 0. The zero-order chi connectivity index (χ0) is 22.9. The number of benzene rings is 2. The van der Waals surface area contributed by atoms with Gasteiger partial charge in [0.15, 0.2) is 12.1 Å². The van der Waals surface area contributed by atoms with Crippen molar-refractivity contribution >= 4 is 5.52 Å².